The molecule has 4 heterocycles. The van der Waals surface area contributed by atoms with Crippen molar-refractivity contribution < 1.29 is 9.66 Å². The van der Waals surface area contributed by atoms with Gasteiger partial charge in [0.1, 0.15) is 6.04 Å². The molecule has 2 aliphatic rings. The van der Waals surface area contributed by atoms with E-state index in [0.29, 0.717) is 44.1 Å². The zero-order valence-electron chi connectivity index (χ0n) is 22.4. The number of fused-ring (bicyclic) bond motifs is 1. The molecule has 2 aromatic heterocycles. The van der Waals surface area contributed by atoms with Crippen LogP contribution >= 0.6 is 0 Å². The van der Waals surface area contributed by atoms with Crippen molar-refractivity contribution in [2.45, 2.75) is 44.9 Å². The lowest BCUT2D eigenvalue weighted by Crippen LogP contribution is -2.49. The van der Waals surface area contributed by atoms with Gasteiger partial charge in [0, 0.05) is 61.7 Å². The van der Waals surface area contributed by atoms with Gasteiger partial charge < -0.3 is 14.6 Å². The maximum atomic E-state index is 13.5. The van der Waals surface area contributed by atoms with Crippen LogP contribution in [0.15, 0.2) is 53.3 Å². The predicted octanol–water partition coefficient (Wildman–Crippen LogP) is 3.08. The largest absolute Gasteiger partial charge is 0.376 e. The van der Waals surface area contributed by atoms with Crippen molar-refractivity contribution in [1.29, 1.82) is 0 Å². The second-order valence-corrected chi connectivity index (χ2v) is 10.4. The molecule has 208 valence electrons. The molecule has 6 rings (SSSR count). The van der Waals surface area contributed by atoms with Gasteiger partial charge in [-0.25, -0.2) is 4.68 Å². The normalized spacial score (nSPS) is 18.8. The third-order valence-corrected chi connectivity index (χ3v) is 7.95. The molecule has 0 saturated carbocycles. The van der Waals surface area contributed by atoms with Crippen LogP contribution in [0.25, 0.3) is 10.9 Å². The van der Waals surface area contributed by atoms with Gasteiger partial charge >= 0.3 is 0 Å². The van der Waals surface area contributed by atoms with Gasteiger partial charge in [0.15, 0.2) is 5.82 Å². The summed E-state index contributed by atoms with van der Waals surface area (Å²) in [6.45, 7) is 6.07. The summed E-state index contributed by atoms with van der Waals surface area (Å²) in [5.74, 6) is 0.621. The summed E-state index contributed by atoms with van der Waals surface area (Å²) in [6.07, 6.45) is 2.91. The van der Waals surface area contributed by atoms with Crippen LogP contribution in [0.5, 0.6) is 0 Å². The van der Waals surface area contributed by atoms with E-state index in [-0.39, 0.29) is 17.4 Å². The van der Waals surface area contributed by atoms with Crippen LogP contribution in [0, 0.1) is 10.1 Å². The number of nitrogens with one attached hydrogen (secondary N) is 1. The summed E-state index contributed by atoms with van der Waals surface area (Å²) in [5.41, 5.74) is 3.44. The third kappa shape index (κ3) is 5.19. The van der Waals surface area contributed by atoms with Crippen molar-refractivity contribution >= 4 is 22.3 Å². The van der Waals surface area contributed by atoms with E-state index in [2.05, 4.69) is 43.3 Å². The van der Waals surface area contributed by atoms with Crippen molar-refractivity contribution in [3.63, 3.8) is 0 Å². The molecule has 2 aromatic carbocycles. The number of hydrogen-bond donors (Lipinski definition) is 1. The van der Waals surface area contributed by atoms with E-state index >= 15 is 0 Å². The smallest absolute Gasteiger partial charge is 0.269 e. The SMILES string of the molecule is CCc1ccc2[nH]c(=O)c([C@@H](c3nnnn3C[C@@H]3CCCO3)N3CCN(c4ccc([N+](=O)[O-])cc4)CC3)cc2c1. The summed E-state index contributed by atoms with van der Waals surface area (Å²) >= 11 is 0. The predicted molar refractivity (Wildman–Crippen MR) is 149 cm³/mol. The summed E-state index contributed by atoms with van der Waals surface area (Å²) in [6, 6.07) is 14.3. The minimum Gasteiger partial charge on any atom is -0.376 e. The first-order valence-electron chi connectivity index (χ1n) is 13.8. The summed E-state index contributed by atoms with van der Waals surface area (Å²) in [7, 11) is 0. The summed E-state index contributed by atoms with van der Waals surface area (Å²) in [5, 5.41) is 24.8. The standard InChI is InChI=1S/C28H32N8O4/c1-2-19-5-10-25-20(16-19)17-24(28(37)29-25)26(27-30-31-32-35(27)18-23-4-3-15-40-23)34-13-11-33(12-14-34)21-6-8-22(9-7-21)36(38)39/h5-10,16-17,23,26H,2-4,11-15,18H2,1H3,(H,29,37)/t23-,26-/m0/s1. The fourth-order valence-electron chi connectivity index (χ4n) is 5.74. The Labute approximate surface area is 230 Å². The van der Waals surface area contributed by atoms with Gasteiger partial charge in [0.2, 0.25) is 0 Å². The van der Waals surface area contributed by atoms with Crippen molar-refractivity contribution in [3.8, 4) is 0 Å². The van der Waals surface area contributed by atoms with Crippen LogP contribution in [0.2, 0.25) is 0 Å². The molecular formula is C28H32N8O4. The molecule has 2 aliphatic heterocycles. The van der Waals surface area contributed by atoms with Crippen molar-refractivity contribution in [2.24, 2.45) is 0 Å². The number of nitro groups is 1. The van der Waals surface area contributed by atoms with E-state index in [9.17, 15) is 14.9 Å². The lowest BCUT2D eigenvalue weighted by atomic mass is 10.0. The van der Waals surface area contributed by atoms with Gasteiger partial charge in [-0.15, -0.1) is 5.10 Å². The van der Waals surface area contributed by atoms with Crippen LogP contribution in [-0.2, 0) is 17.7 Å². The van der Waals surface area contributed by atoms with Gasteiger partial charge in [-0.1, -0.05) is 13.0 Å². The number of tetrazole rings is 1. The van der Waals surface area contributed by atoms with Crippen LogP contribution in [0.3, 0.4) is 0 Å². The zero-order valence-corrected chi connectivity index (χ0v) is 22.4. The highest BCUT2D eigenvalue weighted by Crippen LogP contribution is 2.30. The van der Waals surface area contributed by atoms with E-state index < -0.39 is 11.0 Å². The number of H-pyrrole nitrogens is 1. The van der Waals surface area contributed by atoms with Crippen LogP contribution in [-0.4, -0.2) is 73.9 Å². The number of nitrogens with zero attached hydrogens (tertiary/aromatic N) is 7. The quantitative estimate of drug-likeness (QED) is 0.262. The first kappa shape index (κ1) is 26.1. The number of ether oxygens (including phenoxy) is 1. The second kappa shape index (κ2) is 11.1. The number of hydrogen-bond acceptors (Lipinski definition) is 9. The van der Waals surface area contributed by atoms with Crippen LogP contribution in [0.1, 0.15) is 42.8 Å². The average molecular weight is 545 g/mol. The Kier molecular flexibility index (Phi) is 7.27. The maximum absolute atomic E-state index is 13.5. The van der Waals surface area contributed by atoms with Crippen molar-refractivity contribution in [2.75, 3.05) is 37.7 Å². The minimum absolute atomic E-state index is 0.0453. The minimum atomic E-state index is -0.450. The number of rotatable bonds is 8. The number of aromatic nitrogens is 5. The molecule has 2 atom stereocenters. The van der Waals surface area contributed by atoms with Crippen LogP contribution < -0.4 is 10.5 Å². The highest BCUT2D eigenvalue weighted by molar-refractivity contribution is 5.80. The molecule has 12 nitrogen and oxygen atoms in total. The fraction of sp³-hybridized carbons (Fsp3) is 0.429. The number of aryl methyl sites for hydroxylation is 1. The Bertz CT molecular complexity index is 1550. The first-order valence-corrected chi connectivity index (χ1v) is 13.8. The average Bonchev–Trinajstić information content (AvgIpc) is 3.66. The molecule has 0 amide bonds. The van der Waals surface area contributed by atoms with E-state index in [1.54, 1.807) is 16.8 Å². The Hall–Kier alpha value is -4.16. The molecule has 4 aromatic rings. The molecule has 0 spiro atoms. The molecule has 0 radical (unpaired) electrons. The Morgan fingerprint density at radius 1 is 1.12 bits per heavy atom. The molecule has 0 aliphatic carbocycles. The molecule has 1 N–H and O–H groups in total. The lowest BCUT2D eigenvalue weighted by molar-refractivity contribution is -0.384. The van der Waals surface area contributed by atoms with E-state index in [1.807, 2.05) is 18.2 Å². The molecule has 2 saturated heterocycles. The second-order valence-electron chi connectivity index (χ2n) is 10.4. The van der Waals surface area contributed by atoms with E-state index in [4.69, 9.17) is 4.74 Å². The molecule has 0 bridgehead atoms. The number of aromatic amines is 1. The Balaban J connectivity index is 1.34. The monoisotopic (exact) mass is 544 g/mol. The summed E-state index contributed by atoms with van der Waals surface area (Å²) < 4.78 is 7.65. The molecular weight excluding hydrogens is 512 g/mol. The van der Waals surface area contributed by atoms with E-state index in [1.165, 1.54) is 17.7 Å². The van der Waals surface area contributed by atoms with Gasteiger partial charge in [0.05, 0.1) is 17.6 Å². The highest BCUT2D eigenvalue weighted by Gasteiger charge is 2.33. The highest BCUT2D eigenvalue weighted by atomic mass is 16.6. The van der Waals surface area contributed by atoms with Crippen molar-refractivity contribution in [3.05, 3.63) is 86.0 Å². The Morgan fingerprint density at radius 2 is 1.93 bits per heavy atom. The fourth-order valence-corrected chi connectivity index (χ4v) is 5.74. The van der Waals surface area contributed by atoms with Gasteiger partial charge in [-0.05, 0) is 71.0 Å². The lowest BCUT2D eigenvalue weighted by Gasteiger charge is -2.39. The van der Waals surface area contributed by atoms with E-state index in [0.717, 1.165) is 42.5 Å². The number of piperazine rings is 1. The number of anilines is 1. The number of benzene rings is 2. The summed E-state index contributed by atoms with van der Waals surface area (Å²) in [4.78, 5) is 31.8. The van der Waals surface area contributed by atoms with Gasteiger partial charge in [0.25, 0.3) is 11.2 Å². The number of pyridine rings is 1. The molecule has 12 heteroatoms. The third-order valence-electron chi connectivity index (χ3n) is 7.95. The van der Waals surface area contributed by atoms with Gasteiger partial charge in [-0.3, -0.25) is 19.8 Å². The topological polar surface area (TPSA) is 135 Å². The first-order chi connectivity index (χ1) is 19.5. The van der Waals surface area contributed by atoms with Crippen LogP contribution in [0.4, 0.5) is 11.4 Å². The molecule has 40 heavy (non-hydrogen) atoms. The number of non-ortho nitro benzene ring substituents is 1. The Morgan fingerprint density at radius 3 is 2.62 bits per heavy atom. The molecule has 2 fully saturated rings. The van der Waals surface area contributed by atoms with Gasteiger partial charge in [-0.2, -0.15) is 0 Å². The van der Waals surface area contributed by atoms with Crippen molar-refractivity contribution in [1.82, 2.24) is 30.1 Å². The zero-order chi connectivity index (χ0) is 27.6. The number of nitro benzene ring substituents is 1. The molecule has 0 unspecified atom stereocenters. The maximum Gasteiger partial charge on any atom is 0.269 e.